The van der Waals surface area contributed by atoms with Crippen LogP contribution >= 0.6 is 0 Å². The Kier molecular flexibility index (Phi) is 4.29. The Bertz CT molecular complexity index is 676. The number of hydrogen-bond donors (Lipinski definition) is 2. The molecule has 2 amide bonds. The summed E-state index contributed by atoms with van der Waals surface area (Å²) >= 11 is 0. The lowest BCUT2D eigenvalue weighted by molar-refractivity contribution is -0.149. The molecule has 2 fully saturated rings. The SMILES string of the molecule is CCn1ncc(C(=O)NC)c1NC(=O)C1CC(=O)OC12CCCC2. The molecule has 1 unspecified atom stereocenters. The smallest absolute Gasteiger partial charge is 0.307 e. The minimum atomic E-state index is -0.675. The minimum absolute atomic E-state index is 0.0847. The van der Waals surface area contributed by atoms with Crippen LogP contribution in [-0.2, 0) is 20.9 Å². The number of amides is 2. The van der Waals surface area contributed by atoms with Crippen LogP contribution in [0.2, 0.25) is 0 Å². The van der Waals surface area contributed by atoms with Crippen LogP contribution < -0.4 is 10.6 Å². The molecular formula is C16H22N4O4. The summed E-state index contributed by atoms with van der Waals surface area (Å²) in [6.45, 7) is 2.38. The van der Waals surface area contributed by atoms with Gasteiger partial charge in [-0.05, 0) is 32.6 Å². The van der Waals surface area contributed by atoms with Crippen molar-refractivity contribution in [3.8, 4) is 0 Å². The van der Waals surface area contributed by atoms with Crippen LogP contribution in [0.15, 0.2) is 6.20 Å². The fourth-order valence-electron chi connectivity index (χ4n) is 3.71. The predicted molar refractivity (Wildman–Crippen MR) is 85.3 cm³/mol. The normalized spacial score (nSPS) is 21.8. The molecule has 8 heteroatoms. The van der Waals surface area contributed by atoms with E-state index in [0.717, 1.165) is 12.8 Å². The molecular weight excluding hydrogens is 312 g/mol. The van der Waals surface area contributed by atoms with E-state index in [1.54, 1.807) is 4.68 Å². The van der Waals surface area contributed by atoms with Crippen LogP contribution in [0.1, 0.15) is 49.4 Å². The van der Waals surface area contributed by atoms with Gasteiger partial charge in [-0.15, -0.1) is 0 Å². The molecule has 1 saturated heterocycles. The number of aryl methyl sites for hydroxylation is 1. The van der Waals surface area contributed by atoms with Crippen molar-refractivity contribution in [2.45, 2.75) is 51.2 Å². The second-order valence-corrected chi connectivity index (χ2v) is 6.29. The quantitative estimate of drug-likeness (QED) is 0.802. The second kappa shape index (κ2) is 6.26. The minimum Gasteiger partial charge on any atom is -0.458 e. The number of carbonyl (C=O) groups is 3. The van der Waals surface area contributed by atoms with Gasteiger partial charge in [0.25, 0.3) is 5.91 Å². The summed E-state index contributed by atoms with van der Waals surface area (Å²) in [5, 5.41) is 9.47. The van der Waals surface area contributed by atoms with Gasteiger partial charge in [0, 0.05) is 13.6 Å². The molecule has 2 heterocycles. The molecule has 130 valence electrons. The van der Waals surface area contributed by atoms with Gasteiger partial charge >= 0.3 is 5.97 Å². The van der Waals surface area contributed by atoms with E-state index in [1.165, 1.54) is 13.2 Å². The van der Waals surface area contributed by atoms with Gasteiger partial charge in [0.15, 0.2) is 0 Å². The van der Waals surface area contributed by atoms with Crippen molar-refractivity contribution in [1.29, 1.82) is 0 Å². The van der Waals surface area contributed by atoms with E-state index in [9.17, 15) is 14.4 Å². The van der Waals surface area contributed by atoms with E-state index in [-0.39, 0.29) is 24.2 Å². The Hall–Kier alpha value is -2.38. The molecule has 1 aromatic heterocycles. The molecule has 0 radical (unpaired) electrons. The number of carbonyl (C=O) groups excluding carboxylic acids is 3. The zero-order valence-corrected chi connectivity index (χ0v) is 13.9. The first kappa shape index (κ1) is 16.5. The Morgan fingerprint density at radius 2 is 2.12 bits per heavy atom. The van der Waals surface area contributed by atoms with Crippen molar-refractivity contribution in [2.24, 2.45) is 5.92 Å². The largest absolute Gasteiger partial charge is 0.458 e. The van der Waals surface area contributed by atoms with Crippen molar-refractivity contribution in [3.63, 3.8) is 0 Å². The number of aromatic nitrogens is 2. The predicted octanol–water partition coefficient (Wildman–Crippen LogP) is 1.08. The fraction of sp³-hybridized carbons (Fsp3) is 0.625. The molecule has 3 rings (SSSR count). The molecule has 0 bridgehead atoms. The maximum absolute atomic E-state index is 12.8. The monoisotopic (exact) mass is 334 g/mol. The third kappa shape index (κ3) is 2.65. The van der Waals surface area contributed by atoms with E-state index in [2.05, 4.69) is 15.7 Å². The summed E-state index contributed by atoms with van der Waals surface area (Å²) in [6, 6.07) is 0. The van der Waals surface area contributed by atoms with Crippen molar-refractivity contribution in [1.82, 2.24) is 15.1 Å². The lowest BCUT2D eigenvalue weighted by atomic mass is 9.85. The van der Waals surface area contributed by atoms with Gasteiger partial charge in [-0.3, -0.25) is 14.4 Å². The first-order valence-corrected chi connectivity index (χ1v) is 8.31. The van der Waals surface area contributed by atoms with Crippen LogP contribution in [0.3, 0.4) is 0 Å². The molecule has 1 aliphatic heterocycles. The maximum atomic E-state index is 12.8. The van der Waals surface area contributed by atoms with E-state index >= 15 is 0 Å². The van der Waals surface area contributed by atoms with Gasteiger partial charge in [0.05, 0.1) is 18.5 Å². The highest BCUT2D eigenvalue weighted by atomic mass is 16.6. The third-order valence-corrected chi connectivity index (χ3v) is 4.94. The van der Waals surface area contributed by atoms with Crippen molar-refractivity contribution < 1.29 is 19.1 Å². The lowest BCUT2D eigenvalue weighted by Crippen LogP contribution is -2.40. The fourth-order valence-corrected chi connectivity index (χ4v) is 3.71. The van der Waals surface area contributed by atoms with E-state index in [1.807, 2.05) is 6.92 Å². The standard InChI is InChI=1S/C16H22N4O4/c1-3-20-13(10(9-18-20)14(22)17-2)19-15(23)11-8-12(21)24-16(11)6-4-5-7-16/h9,11H,3-8H2,1-2H3,(H,17,22)(H,19,23). The number of nitrogens with zero attached hydrogens (tertiary/aromatic N) is 2. The van der Waals surface area contributed by atoms with E-state index < -0.39 is 11.5 Å². The van der Waals surface area contributed by atoms with Crippen molar-refractivity contribution in [2.75, 3.05) is 12.4 Å². The van der Waals surface area contributed by atoms with Gasteiger partial charge < -0.3 is 15.4 Å². The maximum Gasteiger partial charge on any atom is 0.307 e. The summed E-state index contributed by atoms with van der Waals surface area (Å²) in [4.78, 5) is 36.6. The Labute approximate surface area is 139 Å². The zero-order valence-electron chi connectivity index (χ0n) is 13.9. The summed E-state index contributed by atoms with van der Waals surface area (Å²) in [6.07, 6.45) is 4.85. The summed E-state index contributed by atoms with van der Waals surface area (Å²) < 4.78 is 7.07. The molecule has 2 aliphatic rings. The molecule has 2 N–H and O–H groups in total. The molecule has 24 heavy (non-hydrogen) atoms. The Morgan fingerprint density at radius 3 is 2.75 bits per heavy atom. The average Bonchev–Trinajstić information content (AvgIpc) is 3.26. The van der Waals surface area contributed by atoms with Crippen molar-refractivity contribution in [3.05, 3.63) is 11.8 Å². The Balaban J connectivity index is 1.86. The number of nitrogens with one attached hydrogen (secondary N) is 2. The van der Waals surface area contributed by atoms with E-state index in [0.29, 0.717) is 30.8 Å². The lowest BCUT2D eigenvalue weighted by Gasteiger charge is -2.28. The number of hydrogen-bond acceptors (Lipinski definition) is 5. The third-order valence-electron chi connectivity index (χ3n) is 4.94. The van der Waals surface area contributed by atoms with Gasteiger partial charge in [0.2, 0.25) is 5.91 Å². The van der Waals surface area contributed by atoms with Crippen LogP contribution in [0, 0.1) is 5.92 Å². The highest BCUT2D eigenvalue weighted by Crippen LogP contribution is 2.46. The molecule has 1 aliphatic carbocycles. The number of ether oxygens (including phenoxy) is 1. The number of esters is 1. The van der Waals surface area contributed by atoms with Crippen LogP contribution in [0.4, 0.5) is 5.82 Å². The average molecular weight is 334 g/mol. The summed E-state index contributed by atoms with van der Waals surface area (Å²) in [5.41, 5.74) is -0.371. The molecule has 1 spiro atoms. The van der Waals surface area contributed by atoms with E-state index in [4.69, 9.17) is 4.74 Å². The molecule has 1 aromatic rings. The highest BCUT2D eigenvalue weighted by Gasteiger charge is 2.54. The molecule has 1 atom stereocenters. The zero-order chi connectivity index (χ0) is 17.3. The van der Waals surface area contributed by atoms with Crippen LogP contribution in [0.25, 0.3) is 0 Å². The molecule has 1 saturated carbocycles. The van der Waals surface area contributed by atoms with Crippen LogP contribution in [0.5, 0.6) is 0 Å². The van der Waals surface area contributed by atoms with Crippen LogP contribution in [-0.4, -0.2) is 40.2 Å². The first-order chi connectivity index (χ1) is 11.5. The van der Waals surface area contributed by atoms with Gasteiger partial charge in [-0.25, -0.2) is 4.68 Å². The first-order valence-electron chi connectivity index (χ1n) is 8.31. The number of rotatable bonds is 4. The second-order valence-electron chi connectivity index (χ2n) is 6.29. The highest BCUT2D eigenvalue weighted by molar-refractivity contribution is 6.04. The van der Waals surface area contributed by atoms with Gasteiger partial charge in [-0.2, -0.15) is 5.10 Å². The molecule has 0 aromatic carbocycles. The topological polar surface area (TPSA) is 102 Å². The molecule has 8 nitrogen and oxygen atoms in total. The summed E-state index contributed by atoms with van der Waals surface area (Å²) in [7, 11) is 1.52. The number of anilines is 1. The summed E-state index contributed by atoms with van der Waals surface area (Å²) in [5.74, 6) is -1.10. The Morgan fingerprint density at radius 1 is 1.42 bits per heavy atom. The van der Waals surface area contributed by atoms with Crippen molar-refractivity contribution >= 4 is 23.6 Å². The van der Waals surface area contributed by atoms with Gasteiger partial charge in [0.1, 0.15) is 17.0 Å². The van der Waals surface area contributed by atoms with Gasteiger partial charge in [-0.1, -0.05) is 0 Å².